The molecule has 0 radical (unpaired) electrons. The molecule has 0 aliphatic heterocycles. The molecule has 0 saturated heterocycles. The van der Waals surface area contributed by atoms with Crippen molar-refractivity contribution in [3.05, 3.63) is 0 Å². The molecule has 2 heteroatoms. The topological polar surface area (TPSA) is 18.5 Å². The van der Waals surface area contributed by atoms with Crippen molar-refractivity contribution in [3.63, 3.8) is 0 Å². The smallest absolute Gasteiger partial charge is 0.0540 e. The first-order valence-electron chi connectivity index (χ1n) is 7.26. The average molecular weight is 240 g/mol. The van der Waals surface area contributed by atoms with Crippen LogP contribution in [-0.4, -0.2) is 27.4 Å². The van der Waals surface area contributed by atoms with Crippen molar-refractivity contribution >= 4 is 0 Å². The first kappa shape index (κ1) is 13.4. The van der Waals surface area contributed by atoms with Gasteiger partial charge < -0.3 is 9.47 Å². The molecular weight excluding hydrogens is 212 g/mol. The van der Waals surface area contributed by atoms with Crippen molar-refractivity contribution in [1.29, 1.82) is 0 Å². The van der Waals surface area contributed by atoms with Gasteiger partial charge in [0.25, 0.3) is 0 Å². The van der Waals surface area contributed by atoms with Gasteiger partial charge in [0.05, 0.1) is 13.2 Å². The zero-order valence-corrected chi connectivity index (χ0v) is 11.5. The van der Waals surface area contributed by atoms with Gasteiger partial charge in [-0.1, -0.05) is 38.5 Å². The van der Waals surface area contributed by atoms with Gasteiger partial charge >= 0.3 is 0 Å². The van der Waals surface area contributed by atoms with E-state index in [4.69, 9.17) is 9.47 Å². The maximum Gasteiger partial charge on any atom is 0.0540 e. The Morgan fingerprint density at radius 2 is 1.24 bits per heavy atom. The maximum absolute atomic E-state index is 5.52. The molecule has 2 fully saturated rings. The van der Waals surface area contributed by atoms with Crippen LogP contribution in [0, 0.1) is 17.3 Å². The molecule has 0 bridgehead atoms. The predicted molar refractivity (Wildman–Crippen MR) is 70.1 cm³/mol. The van der Waals surface area contributed by atoms with E-state index < -0.39 is 0 Å². The minimum atomic E-state index is 0.305. The van der Waals surface area contributed by atoms with Crippen molar-refractivity contribution in [2.45, 2.75) is 51.4 Å². The standard InChI is InChI=1S/C15H28O2/c1-16-11-15(12-17-2,9-13-5-3-6-13)10-14-7-4-8-14/h13-14H,3-12H2,1-2H3. The van der Waals surface area contributed by atoms with E-state index in [1.807, 2.05) is 14.2 Å². The van der Waals surface area contributed by atoms with E-state index in [1.54, 1.807) is 0 Å². The SMILES string of the molecule is COCC(COC)(CC1CCC1)CC1CCC1. The van der Waals surface area contributed by atoms with Crippen molar-refractivity contribution in [1.82, 2.24) is 0 Å². The van der Waals surface area contributed by atoms with Gasteiger partial charge in [0.15, 0.2) is 0 Å². The van der Waals surface area contributed by atoms with E-state index >= 15 is 0 Å². The first-order chi connectivity index (χ1) is 8.28. The van der Waals surface area contributed by atoms with E-state index in [-0.39, 0.29) is 0 Å². The van der Waals surface area contributed by atoms with E-state index in [9.17, 15) is 0 Å². The Balaban J connectivity index is 1.93. The highest BCUT2D eigenvalue weighted by atomic mass is 16.5. The molecule has 0 amide bonds. The van der Waals surface area contributed by atoms with E-state index in [0.29, 0.717) is 5.41 Å². The number of hydrogen-bond donors (Lipinski definition) is 0. The largest absolute Gasteiger partial charge is 0.384 e. The third kappa shape index (κ3) is 3.45. The fourth-order valence-electron chi connectivity index (χ4n) is 3.59. The summed E-state index contributed by atoms with van der Waals surface area (Å²) in [6.45, 7) is 1.77. The Labute approximate surface area is 106 Å². The molecular formula is C15H28O2. The number of rotatable bonds is 8. The second-order valence-electron chi connectivity index (χ2n) is 6.37. The van der Waals surface area contributed by atoms with E-state index in [2.05, 4.69) is 0 Å². The summed E-state index contributed by atoms with van der Waals surface area (Å²) >= 11 is 0. The lowest BCUT2D eigenvalue weighted by Gasteiger charge is -2.42. The minimum absolute atomic E-state index is 0.305. The number of methoxy groups -OCH3 is 2. The zero-order chi connectivity index (χ0) is 12.1. The quantitative estimate of drug-likeness (QED) is 0.645. The van der Waals surface area contributed by atoms with Crippen LogP contribution in [0.5, 0.6) is 0 Å². The summed E-state index contributed by atoms with van der Waals surface area (Å²) in [6, 6.07) is 0. The van der Waals surface area contributed by atoms with Crippen molar-refractivity contribution in [3.8, 4) is 0 Å². The van der Waals surface area contributed by atoms with Crippen LogP contribution < -0.4 is 0 Å². The summed E-state index contributed by atoms with van der Waals surface area (Å²) < 4.78 is 11.0. The van der Waals surface area contributed by atoms with Gasteiger partial charge in [0.1, 0.15) is 0 Å². The molecule has 2 aliphatic carbocycles. The molecule has 0 aromatic rings. The van der Waals surface area contributed by atoms with Gasteiger partial charge in [-0.2, -0.15) is 0 Å². The van der Waals surface area contributed by atoms with Crippen LogP contribution in [0.2, 0.25) is 0 Å². The summed E-state index contributed by atoms with van der Waals surface area (Å²) in [4.78, 5) is 0. The monoisotopic (exact) mass is 240 g/mol. The second-order valence-corrected chi connectivity index (χ2v) is 6.37. The van der Waals surface area contributed by atoms with Gasteiger partial charge in [-0.15, -0.1) is 0 Å². The number of ether oxygens (including phenoxy) is 2. The first-order valence-corrected chi connectivity index (χ1v) is 7.26. The highest BCUT2D eigenvalue weighted by Gasteiger charge is 2.38. The van der Waals surface area contributed by atoms with Gasteiger partial charge in [-0.05, 0) is 24.7 Å². The fourth-order valence-corrected chi connectivity index (χ4v) is 3.59. The Kier molecular flexibility index (Phi) is 4.87. The summed E-state index contributed by atoms with van der Waals surface area (Å²) in [5.41, 5.74) is 0.305. The van der Waals surface area contributed by atoms with Crippen LogP contribution in [0.15, 0.2) is 0 Å². The molecule has 2 saturated carbocycles. The molecule has 100 valence electrons. The molecule has 0 heterocycles. The summed E-state index contributed by atoms with van der Waals surface area (Å²) in [6.07, 6.45) is 11.2. The molecule has 17 heavy (non-hydrogen) atoms. The molecule has 0 aromatic heterocycles. The van der Waals surface area contributed by atoms with Gasteiger partial charge in [-0.25, -0.2) is 0 Å². The number of hydrogen-bond acceptors (Lipinski definition) is 2. The van der Waals surface area contributed by atoms with Gasteiger partial charge in [0.2, 0.25) is 0 Å². The summed E-state index contributed by atoms with van der Waals surface area (Å²) in [5.74, 6) is 1.89. The van der Waals surface area contributed by atoms with Crippen LogP contribution in [0.25, 0.3) is 0 Å². The van der Waals surface area contributed by atoms with Gasteiger partial charge in [-0.3, -0.25) is 0 Å². The van der Waals surface area contributed by atoms with Crippen molar-refractivity contribution in [2.75, 3.05) is 27.4 Å². The molecule has 2 aliphatic rings. The normalized spacial score (nSPS) is 22.2. The minimum Gasteiger partial charge on any atom is -0.384 e. The molecule has 0 N–H and O–H groups in total. The Morgan fingerprint density at radius 3 is 1.47 bits per heavy atom. The van der Waals surface area contributed by atoms with Crippen LogP contribution in [0.1, 0.15) is 51.4 Å². The van der Waals surface area contributed by atoms with Crippen LogP contribution >= 0.6 is 0 Å². The Hall–Kier alpha value is -0.0800. The molecule has 0 atom stereocenters. The third-order valence-corrected chi connectivity index (χ3v) is 4.79. The lowest BCUT2D eigenvalue weighted by molar-refractivity contribution is -0.0359. The predicted octanol–water partition coefficient (Wildman–Crippen LogP) is 3.65. The Bertz CT molecular complexity index is 195. The van der Waals surface area contributed by atoms with Crippen LogP contribution in [-0.2, 0) is 9.47 Å². The lowest BCUT2D eigenvalue weighted by atomic mass is 9.66. The average Bonchev–Trinajstić information content (AvgIpc) is 2.19. The summed E-state index contributed by atoms with van der Waals surface area (Å²) in [5, 5.41) is 0. The van der Waals surface area contributed by atoms with Gasteiger partial charge in [0, 0.05) is 19.6 Å². The molecule has 0 aromatic carbocycles. The lowest BCUT2D eigenvalue weighted by Crippen LogP contribution is -2.38. The fraction of sp³-hybridized carbons (Fsp3) is 1.00. The van der Waals surface area contributed by atoms with Crippen molar-refractivity contribution < 1.29 is 9.47 Å². The maximum atomic E-state index is 5.52. The molecule has 0 spiro atoms. The highest BCUT2D eigenvalue weighted by Crippen LogP contribution is 2.45. The molecule has 2 nitrogen and oxygen atoms in total. The second kappa shape index (κ2) is 6.19. The van der Waals surface area contributed by atoms with Crippen molar-refractivity contribution in [2.24, 2.45) is 17.3 Å². The molecule has 2 rings (SSSR count). The third-order valence-electron chi connectivity index (χ3n) is 4.79. The zero-order valence-electron chi connectivity index (χ0n) is 11.5. The van der Waals surface area contributed by atoms with Crippen LogP contribution in [0.3, 0.4) is 0 Å². The summed E-state index contributed by atoms with van der Waals surface area (Å²) in [7, 11) is 3.68. The van der Waals surface area contributed by atoms with E-state index in [1.165, 1.54) is 51.4 Å². The van der Waals surface area contributed by atoms with Crippen LogP contribution in [0.4, 0.5) is 0 Å². The Morgan fingerprint density at radius 1 is 0.824 bits per heavy atom. The van der Waals surface area contributed by atoms with E-state index in [0.717, 1.165) is 25.0 Å². The highest BCUT2D eigenvalue weighted by molar-refractivity contribution is 4.88. The molecule has 0 unspecified atom stereocenters.